The monoisotopic (exact) mass is 285 g/mol. The average molecular weight is 286 g/mol. The highest BCUT2D eigenvalue weighted by Crippen LogP contribution is 2.17. The minimum Gasteiger partial charge on any atom is -0.371 e. The van der Waals surface area contributed by atoms with Crippen molar-refractivity contribution in [2.45, 2.75) is 12.7 Å². The highest BCUT2D eigenvalue weighted by Gasteiger charge is 2.27. The van der Waals surface area contributed by atoms with Gasteiger partial charge < -0.3 is 10.1 Å². The van der Waals surface area contributed by atoms with E-state index in [1.807, 2.05) is 0 Å². The van der Waals surface area contributed by atoms with Crippen LogP contribution in [0.4, 0.5) is 17.6 Å². The van der Waals surface area contributed by atoms with Crippen molar-refractivity contribution in [2.24, 2.45) is 0 Å². The Balaban J connectivity index is 2.18. The van der Waals surface area contributed by atoms with Gasteiger partial charge in [-0.1, -0.05) is 17.7 Å². The van der Waals surface area contributed by atoms with Gasteiger partial charge in [-0.3, -0.25) is 0 Å². The third-order valence-electron chi connectivity index (χ3n) is 2.02. The van der Waals surface area contributed by atoms with Crippen molar-refractivity contribution in [3.05, 3.63) is 34.6 Å². The molecule has 0 spiro atoms. The van der Waals surface area contributed by atoms with E-state index in [1.54, 1.807) is 0 Å². The Morgan fingerprint density at radius 1 is 1.28 bits per heavy atom. The molecule has 0 unspecified atom stereocenters. The molecule has 0 amide bonds. The Hall–Kier alpha value is -0.850. The van der Waals surface area contributed by atoms with Crippen molar-refractivity contribution < 1.29 is 22.3 Å². The van der Waals surface area contributed by atoms with E-state index >= 15 is 0 Å². The van der Waals surface area contributed by atoms with Gasteiger partial charge in [-0.25, -0.2) is 4.39 Å². The number of benzene rings is 1. The SMILES string of the molecule is Fc1ccc(CNCCOCC(F)(F)F)c(Cl)c1. The summed E-state index contributed by atoms with van der Waals surface area (Å²) in [5, 5.41) is 3.13. The second-order valence-electron chi connectivity index (χ2n) is 3.58. The van der Waals surface area contributed by atoms with Gasteiger partial charge >= 0.3 is 6.18 Å². The molecule has 1 N–H and O–H groups in total. The molecule has 1 aromatic rings. The molecule has 0 saturated heterocycles. The Labute approximate surface area is 107 Å². The fraction of sp³-hybridized carbons (Fsp3) is 0.455. The predicted molar refractivity (Wildman–Crippen MR) is 60.0 cm³/mol. The van der Waals surface area contributed by atoms with Crippen LogP contribution in [-0.2, 0) is 11.3 Å². The van der Waals surface area contributed by atoms with Crippen LogP contribution in [0.3, 0.4) is 0 Å². The van der Waals surface area contributed by atoms with Crippen LogP contribution >= 0.6 is 11.6 Å². The van der Waals surface area contributed by atoms with Gasteiger partial charge in [0.05, 0.1) is 6.61 Å². The van der Waals surface area contributed by atoms with E-state index in [0.717, 1.165) is 0 Å². The zero-order chi connectivity index (χ0) is 13.6. The maximum Gasteiger partial charge on any atom is 0.411 e. The first-order valence-electron chi connectivity index (χ1n) is 5.17. The first-order valence-corrected chi connectivity index (χ1v) is 5.55. The second-order valence-corrected chi connectivity index (χ2v) is 3.99. The zero-order valence-corrected chi connectivity index (χ0v) is 10.1. The topological polar surface area (TPSA) is 21.3 Å². The molecular weight excluding hydrogens is 274 g/mol. The molecule has 0 saturated carbocycles. The Morgan fingerprint density at radius 2 is 2.00 bits per heavy atom. The summed E-state index contributed by atoms with van der Waals surface area (Å²) in [6, 6.07) is 3.96. The third kappa shape index (κ3) is 6.18. The molecule has 2 nitrogen and oxygen atoms in total. The molecule has 1 aromatic carbocycles. The predicted octanol–water partition coefficient (Wildman–Crippen LogP) is 3.15. The summed E-state index contributed by atoms with van der Waals surface area (Å²) in [5.41, 5.74) is 0.675. The first kappa shape index (κ1) is 15.2. The van der Waals surface area contributed by atoms with E-state index in [1.165, 1.54) is 18.2 Å². The van der Waals surface area contributed by atoms with E-state index in [-0.39, 0.29) is 18.2 Å². The van der Waals surface area contributed by atoms with Gasteiger partial charge in [-0.2, -0.15) is 13.2 Å². The van der Waals surface area contributed by atoms with Gasteiger partial charge in [0.1, 0.15) is 12.4 Å². The van der Waals surface area contributed by atoms with Crippen molar-refractivity contribution in [2.75, 3.05) is 19.8 Å². The number of halogens is 5. The van der Waals surface area contributed by atoms with Gasteiger partial charge in [0.25, 0.3) is 0 Å². The highest BCUT2D eigenvalue weighted by molar-refractivity contribution is 6.31. The standard InChI is InChI=1S/C11H12ClF4NO/c12-10-5-9(13)2-1-8(10)6-17-3-4-18-7-11(14,15)16/h1-2,5,17H,3-4,6-7H2. The molecular formula is C11H12ClF4NO. The number of hydrogen-bond acceptors (Lipinski definition) is 2. The minimum absolute atomic E-state index is 0.0572. The van der Waals surface area contributed by atoms with Crippen LogP contribution in [0.1, 0.15) is 5.56 Å². The van der Waals surface area contributed by atoms with Gasteiger partial charge in [-0.05, 0) is 17.7 Å². The molecule has 0 atom stereocenters. The lowest BCUT2D eigenvalue weighted by atomic mass is 10.2. The first-order chi connectivity index (χ1) is 8.38. The Morgan fingerprint density at radius 3 is 2.61 bits per heavy atom. The summed E-state index contributed by atoms with van der Waals surface area (Å²) in [4.78, 5) is 0. The lowest BCUT2D eigenvalue weighted by Gasteiger charge is -2.09. The summed E-state index contributed by atoms with van der Waals surface area (Å²) in [7, 11) is 0. The molecule has 0 radical (unpaired) electrons. The quantitative estimate of drug-likeness (QED) is 0.640. The Bertz CT molecular complexity index is 384. The third-order valence-corrected chi connectivity index (χ3v) is 2.37. The molecule has 0 aliphatic rings. The summed E-state index contributed by atoms with van der Waals surface area (Å²) in [5.74, 6) is -0.433. The van der Waals surface area contributed by atoms with Crippen LogP contribution in [0, 0.1) is 5.82 Å². The molecule has 18 heavy (non-hydrogen) atoms. The molecule has 0 heterocycles. The lowest BCUT2D eigenvalue weighted by Crippen LogP contribution is -2.23. The van der Waals surface area contributed by atoms with E-state index in [9.17, 15) is 17.6 Å². The van der Waals surface area contributed by atoms with Gasteiger partial charge in [0, 0.05) is 18.1 Å². The Kier molecular flexibility index (Phi) is 5.84. The van der Waals surface area contributed by atoms with Crippen LogP contribution in [0.25, 0.3) is 0 Å². The van der Waals surface area contributed by atoms with Gasteiger partial charge in [0.15, 0.2) is 0 Å². The summed E-state index contributed by atoms with van der Waals surface area (Å²) in [6.45, 7) is -0.720. The molecule has 0 aliphatic heterocycles. The van der Waals surface area contributed by atoms with E-state index < -0.39 is 18.6 Å². The van der Waals surface area contributed by atoms with Crippen molar-refractivity contribution >= 4 is 11.6 Å². The van der Waals surface area contributed by atoms with Crippen molar-refractivity contribution in [3.63, 3.8) is 0 Å². The lowest BCUT2D eigenvalue weighted by molar-refractivity contribution is -0.173. The van der Waals surface area contributed by atoms with E-state index in [2.05, 4.69) is 10.1 Å². The second kappa shape index (κ2) is 6.92. The van der Waals surface area contributed by atoms with Crippen LogP contribution < -0.4 is 5.32 Å². The molecule has 1 rings (SSSR count). The van der Waals surface area contributed by atoms with Crippen LogP contribution in [0.2, 0.25) is 5.02 Å². The van der Waals surface area contributed by atoms with Crippen molar-refractivity contribution in [3.8, 4) is 0 Å². The van der Waals surface area contributed by atoms with E-state index in [0.29, 0.717) is 12.1 Å². The fourth-order valence-electron chi connectivity index (χ4n) is 1.22. The number of rotatable bonds is 6. The fourth-order valence-corrected chi connectivity index (χ4v) is 1.45. The molecule has 102 valence electrons. The van der Waals surface area contributed by atoms with Crippen LogP contribution in [0.5, 0.6) is 0 Å². The molecule has 7 heteroatoms. The van der Waals surface area contributed by atoms with Gasteiger partial charge in [-0.15, -0.1) is 0 Å². The normalized spacial score (nSPS) is 11.8. The van der Waals surface area contributed by atoms with E-state index in [4.69, 9.17) is 11.6 Å². The molecule has 0 aromatic heterocycles. The largest absolute Gasteiger partial charge is 0.411 e. The molecule has 0 aliphatic carbocycles. The van der Waals surface area contributed by atoms with Crippen LogP contribution in [0.15, 0.2) is 18.2 Å². The number of alkyl halides is 3. The minimum atomic E-state index is -4.31. The van der Waals surface area contributed by atoms with Crippen molar-refractivity contribution in [1.29, 1.82) is 0 Å². The van der Waals surface area contributed by atoms with Crippen molar-refractivity contribution in [1.82, 2.24) is 5.32 Å². The maximum atomic E-state index is 12.7. The van der Waals surface area contributed by atoms with Crippen LogP contribution in [-0.4, -0.2) is 25.9 Å². The summed E-state index contributed by atoms with van der Waals surface area (Å²) in [6.07, 6.45) is -4.31. The maximum absolute atomic E-state index is 12.7. The zero-order valence-electron chi connectivity index (χ0n) is 9.36. The smallest absolute Gasteiger partial charge is 0.371 e. The average Bonchev–Trinajstić information content (AvgIpc) is 2.24. The molecule has 0 fully saturated rings. The highest BCUT2D eigenvalue weighted by atomic mass is 35.5. The summed E-state index contributed by atoms with van der Waals surface area (Å²) >= 11 is 5.77. The summed E-state index contributed by atoms with van der Waals surface area (Å²) < 4.78 is 52.3. The molecule has 0 bridgehead atoms. The van der Waals surface area contributed by atoms with Gasteiger partial charge in [0.2, 0.25) is 0 Å². The number of hydrogen-bond donors (Lipinski definition) is 1. The number of nitrogens with one attached hydrogen (secondary N) is 1. The number of ether oxygens (including phenoxy) is 1.